The number of halogens is 1. The average molecular weight is 361 g/mol. The van der Waals surface area contributed by atoms with Gasteiger partial charge in [0, 0.05) is 16.5 Å². The number of hydrogen-bond acceptors (Lipinski definition) is 4. The summed E-state index contributed by atoms with van der Waals surface area (Å²) in [7, 11) is -3.80. The van der Waals surface area contributed by atoms with E-state index >= 15 is 0 Å². The highest BCUT2D eigenvalue weighted by Crippen LogP contribution is 2.48. The zero-order valence-corrected chi connectivity index (χ0v) is 14.6. The summed E-state index contributed by atoms with van der Waals surface area (Å²) in [5, 5.41) is 12.6. The largest absolute Gasteiger partial charge is 0.396 e. The van der Waals surface area contributed by atoms with E-state index in [4.69, 9.17) is 11.6 Å². The molecule has 0 aliphatic heterocycles. The van der Waals surface area contributed by atoms with Gasteiger partial charge in [-0.05, 0) is 51.0 Å². The lowest BCUT2D eigenvalue weighted by molar-refractivity contribution is -0.123. The van der Waals surface area contributed by atoms with Crippen LogP contribution < -0.4 is 10.0 Å². The first kappa shape index (κ1) is 18.2. The van der Waals surface area contributed by atoms with Crippen molar-refractivity contribution in [2.45, 2.75) is 43.7 Å². The molecule has 128 valence electrons. The quantitative estimate of drug-likeness (QED) is 0.682. The minimum absolute atomic E-state index is 0.0132. The lowest BCUT2D eigenvalue weighted by Gasteiger charge is -2.24. The minimum atomic E-state index is -3.80. The van der Waals surface area contributed by atoms with Crippen LogP contribution in [0.5, 0.6) is 0 Å². The van der Waals surface area contributed by atoms with E-state index in [-0.39, 0.29) is 23.0 Å². The number of amides is 1. The third kappa shape index (κ3) is 4.23. The molecule has 0 spiro atoms. The summed E-state index contributed by atoms with van der Waals surface area (Å²) in [6.07, 6.45) is 1.71. The van der Waals surface area contributed by atoms with Crippen LogP contribution in [0.25, 0.3) is 0 Å². The molecular weight excluding hydrogens is 340 g/mol. The van der Waals surface area contributed by atoms with Gasteiger partial charge in [0.25, 0.3) is 0 Å². The van der Waals surface area contributed by atoms with E-state index in [0.717, 1.165) is 12.8 Å². The molecule has 8 heteroatoms. The minimum Gasteiger partial charge on any atom is -0.396 e. The molecule has 2 rings (SSSR count). The van der Waals surface area contributed by atoms with Gasteiger partial charge in [0.2, 0.25) is 15.9 Å². The SMILES string of the molecule is CC(NC(=O)[C@H](C)NS(=O)(=O)c1ccc(Cl)cc1)C1(CO)CC1. The molecule has 1 aliphatic carbocycles. The summed E-state index contributed by atoms with van der Waals surface area (Å²) in [6.45, 7) is 3.31. The third-order valence-electron chi connectivity index (χ3n) is 4.33. The Balaban J connectivity index is 1.98. The second-order valence-electron chi connectivity index (χ2n) is 6.05. The maximum Gasteiger partial charge on any atom is 0.241 e. The Labute approximate surface area is 141 Å². The number of aliphatic hydroxyl groups is 1. The zero-order chi connectivity index (χ0) is 17.3. The molecule has 23 heavy (non-hydrogen) atoms. The van der Waals surface area contributed by atoms with E-state index in [1.165, 1.54) is 31.2 Å². The van der Waals surface area contributed by atoms with Gasteiger partial charge >= 0.3 is 0 Å². The van der Waals surface area contributed by atoms with E-state index in [0.29, 0.717) is 5.02 Å². The monoisotopic (exact) mass is 360 g/mol. The van der Waals surface area contributed by atoms with Crippen LogP contribution in [-0.2, 0) is 14.8 Å². The topological polar surface area (TPSA) is 95.5 Å². The van der Waals surface area contributed by atoms with Crippen molar-refractivity contribution < 1.29 is 18.3 Å². The number of carbonyl (C=O) groups is 1. The van der Waals surface area contributed by atoms with Gasteiger partial charge in [0.05, 0.1) is 17.5 Å². The molecular formula is C15H21ClN2O4S. The van der Waals surface area contributed by atoms with E-state index < -0.39 is 22.0 Å². The molecule has 1 amide bonds. The van der Waals surface area contributed by atoms with Gasteiger partial charge in [-0.3, -0.25) is 4.79 Å². The van der Waals surface area contributed by atoms with Gasteiger partial charge in [-0.25, -0.2) is 8.42 Å². The molecule has 0 heterocycles. The molecule has 3 N–H and O–H groups in total. The van der Waals surface area contributed by atoms with Crippen LogP contribution in [0.3, 0.4) is 0 Å². The molecule has 2 atom stereocenters. The molecule has 1 aliphatic rings. The molecule has 6 nitrogen and oxygen atoms in total. The van der Waals surface area contributed by atoms with Crippen molar-refractivity contribution in [3.63, 3.8) is 0 Å². The van der Waals surface area contributed by atoms with Crippen molar-refractivity contribution in [2.24, 2.45) is 5.41 Å². The fourth-order valence-electron chi connectivity index (χ4n) is 2.35. The molecule has 0 saturated heterocycles. The number of hydrogen-bond donors (Lipinski definition) is 3. The molecule has 1 unspecified atom stereocenters. The molecule has 1 fully saturated rings. The highest BCUT2D eigenvalue weighted by Gasteiger charge is 2.47. The summed E-state index contributed by atoms with van der Waals surface area (Å²) < 4.78 is 26.8. The van der Waals surface area contributed by atoms with Gasteiger partial charge in [-0.2, -0.15) is 4.72 Å². The highest BCUT2D eigenvalue weighted by atomic mass is 35.5. The Morgan fingerprint density at radius 3 is 2.35 bits per heavy atom. The first-order chi connectivity index (χ1) is 10.7. The van der Waals surface area contributed by atoms with Crippen LogP contribution in [0, 0.1) is 5.41 Å². The standard InChI is InChI=1S/C15H21ClN2O4S/c1-10(14(20)17-11(2)15(9-19)7-8-15)18-23(21,22)13-5-3-12(16)4-6-13/h3-6,10-11,18-19H,7-9H2,1-2H3,(H,17,20)/t10-,11?/m0/s1. The Morgan fingerprint density at radius 2 is 1.87 bits per heavy atom. The van der Waals surface area contributed by atoms with E-state index in [1.54, 1.807) is 0 Å². The number of rotatable bonds is 7. The second kappa shape index (κ2) is 6.76. The van der Waals surface area contributed by atoms with Crippen LogP contribution in [0.1, 0.15) is 26.7 Å². The van der Waals surface area contributed by atoms with Crippen LogP contribution in [-0.4, -0.2) is 38.1 Å². The lowest BCUT2D eigenvalue weighted by atomic mass is 9.99. The Morgan fingerprint density at radius 1 is 1.30 bits per heavy atom. The van der Waals surface area contributed by atoms with Crippen LogP contribution in [0.15, 0.2) is 29.2 Å². The maximum absolute atomic E-state index is 12.2. The number of aliphatic hydroxyl groups excluding tert-OH is 1. The van der Waals surface area contributed by atoms with Crippen molar-refractivity contribution in [1.29, 1.82) is 0 Å². The molecule has 1 aromatic carbocycles. The van der Waals surface area contributed by atoms with E-state index in [9.17, 15) is 18.3 Å². The first-order valence-corrected chi connectivity index (χ1v) is 9.25. The van der Waals surface area contributed by atoms with Gasteiger partial charge in [-0.1, -0.05) is 11.6 Å². The lowest BCUT2D eigenvalue weighted by Crippen LogP contribution is -2.50. The number of carbonyl (C=O) groups excluding carboxylic acids is 1. The van der Waals surface area contributed by atoms with Gasteiger partial charge in [-0.15, -0.1) is 0 Å². The van der Waals surface area contributed by atoms with Crippen LogP contribution >= 0.6 is 11.6 Å². The molecule has 1 saturated carbocycles. The van der Waals surface area contributed by atoms with E-state index in [2.05, 4.69) is 10.0 Å². The molecule has 0 aromatic heterocycles. The Hall–Kier alpha value is -1.15. The summed E-state index contributed by atoms with van der Waals surface area (Å²) in [5.41, 5.74) is -0.259. The van der Waals surface area contributed by atoms with Crippen molar-refractivity contribution in [3.8, 4) is 0 Å². The zero-order valence-electron chi connectivity index (χ0n) is 13.0. The predicted octanol–water partition coefficient (Wildman–Crippen LogP) is 1.28. The summed E-state index contributed by atoms with van der Waals surface area (Å²) in [4.78, 5) is 12.2. The normalized spacial score (nSPS) is 19.0. The maximum atomic E-state index is 12.2. The van der Waals surface area contributed by atoms with E-state index in [1.807, 2.05) is 6.92 Å². The first-order valence-electron chi connectivity index (χ1n) is 7.39. The number of nitrogens with one attached hydrogen (secondary N) is 2. The van der Waals surface area contributed by atoms with Gasteiger partial charge < -0.3 is 10.4 Å². The summed E-state index contributed by atoms with van der Waals surface area (Å²) >= 11 is 5.74. The molecule has 1 aromatic rings. The summed E-state index contributed by atoms with van der Waals surface area (Å²) in [6, 6.07) is 4.57. The predicted molar refractivity (Wildman–Crippen MR) is 87.6 cm³/mol. The van der Waals surface area contributed by atoms with Crippen LogP contribution in [0.2, 0.25) is 5.02 Å². The molecule has 0 radical (unpaired) electrons. The fraction of sp³-hybridized carbons (Fsp3) is 0.533. The average Bonchev–Trinajstić information content (AvgIpc) is 3.28. The smallest absolute Gasteiger partial charge is 0.241 e. The highest BCUT2D eigenvalue weighted by molar-refractivity contribution is 7.89. The Kier molecular flexibility index (Phi) is 5.35. The number of sulfonamides is 1. The van der Waals surface area contributed by atoms with Crippen LogP contribution in [0.4, 0.5) is 0 Å². The second-order valence-corrected chi connectivity index (χ2v) is 8.20. The Bertz CT molecular complexity index is 671. The van der Waals surface area contributed by atoms with Crippen molar-refractivity contribution >= 4 is 27.5 Å². The number of benzene rings is 1. The summed E-state index contributed by atoms with van der Waals surface area (Å²) in [5.74, 6) is -0.422. The van der Waals surface area contributed by atoms with Gasteiger partial charge in [0.1, 0.15) is 0 Å². The fourth-order valence-corrected chi connectivity index (χ4v) is 3.68. The van der Waals surface area contributed by atoms with Crippen molar-refractivity contribution in [3.05, 3.63) is 29.3 Å². The third-order valence-corrected chi connectivity index (χ3v) is 6.14. The molecule has 0 bridgehead atoms. The van der Waals surface area contributed by atoms with Crippen molar-refractivity contribution in [1.82, 2.24) is 10.0 Å². The van der Waals surface area contributed by atoms with Crippen molar-refractivity contribution in [2.75, 3.05) is 6.61 Å². The van der Waals surface area contributed by atoms with Gasteiger partial charge in [0.15, 0.2) is 0 Å².